The van der Waals surface area contributed by atoms with E-state index in [9.17, 15) is 9.59 Å². The number of unbranched alkanes of at least 4 members (excludes halogenated alkanes) is 3. The number of nitrogens with zero attached hydrogens (tertiary/aromatic N) is 1. The Kier molecular flexibility index (Phi) is 6.57. The lowest BCUT2D eigenvalue weighted by atomic mass is 10.1. The first-order valence-electron chi connectivity index (χ1n) is 6.65. The van der Waals surface area contributed by atoms with Crippen molar-refractivity contribution in [3.05, 3.63) is 30.1 Å². The molecule has 0 aliphatic heterocycles. The number of hydrogen-bond acceptors (Lipinski definition) is 3. The zero-order valence-electron chi connectivity index (χ0n) is 11.3. The van der Waals surface area contributed by atoms with Gasteiger partial charge in [0.25, 0.3) is 5.91 Å². The molecule has 5 nitrogen and oxygen atoms in total. The number of carbonyl (C=O) groups is 2. The molecule has 0 bridgehead atoms. The lowest BCUT2D eigenvalue weighted by Gasteiger charge is -2.15. The highest BCUT2D eigenvalue weighted by atomic mass is 16.2. The average Bonchev–Trinajstić information content (AvgIpc) is 2.42. The van der Waals surface area contributed by atoms with Crippen molar-refractivity contribution in [2.24, 2.45) is 5.73 Å². The molecule has 1 aromatic rings. The van der Waals surface area contributed by atoms with Crippen molar-refractivity contribution in [1.82, 2.24) is 10.3 Å². The summed E-state index contributed by atoms with van der Waals surface area (Å²) in [7, 11) is 0. The molecule has 2 amide bonds. The van der Waals surface area contributed by atoms with Gasteiger partial charge in [0.15, 0.2) is 0 Å². The Morgan fingerprint density at radius 3 is 2.53 bits per heavy atom. The molecule has 1 atom stereocenters. The second-order valence-corrected chi connectivity index (χ2v) is 4.51. The third kappa shape index (κ3) is 5.50. The van der Waals surface area contributed by atoms with E-state index in [4.69, 9.17) is 5.73 Å². The Morgan fingerprint density at radius 1 is 1.26 bits per heavy atom. The Hall–Kier alpha value is -1.91. The molecule has 0 fully saturated rings. The molecule has 5 heteroatoms. The van der Waals surface area contributed by atoms with Crippen molar-refractivity contribution < 1.29 is 9.59 Å². The van der Waals surface area contributed by atoms with Gasteiger partial charge in [0.1, 0.15) is 6.04 Å². The minimum absolute atomic E-state index is 0.290. The normalized spacial score (nSPS) is 11.8. The van der Waals surface area contributed by atoms with E-state index in [0.29, 0.717) is 12.0 Å². The van der Waals surface area contributed by atoms with Crippen LogP contribution in [0, 0.1) is 0 Å². The third-order valence-corrected chi connectivity index (χ3v) is 2.94. The topological polar surface area (TPSA) is 85.1 Å². The summed E-state index contributed by atoms with van der Waals surface area (Å²) in [6.45, 7) is 2.12. The van der Waals surface area contributed by atoms with Crippen LogP contribution in [-0.2, 0) is 4.79 Å². The summed E-state index contributed by atoms with van der Waals surface area (Å²) < 4.78 is 0. The van der Waals surface area contributed by atoms with Gasteiger partial charge in [-0.05, 0) is 18.6 Å². The lowest BCUT2D eigenvalue weighted by Crippen LogP contribution is -2.44. The molecule has 0 saturated carbocycles. The minimum atomic E-state index is -0.600. The molecule has 0 aliphatic rings. The van der Waals surface area contributed by atoms with Crippen molar-refractivity contribution >= 4 is 11.8 Å². The van der Waals surface area contributed by atoms with Crippen LogP contribution in [0.5, 0.6) is 0 Å². The van der Waals surface area contributed by atoms with Gasteiger partial charge in [0.2, 0.25) is 5.91 Å². The molecule has 3 N–H and O–H groups in total. The van der Waals surface area contributed by atoms with Crippen LogP contribution in [0.15, 0.2) is 24.5 Å². The SMILES string of the molecule is CCCCCC[C@H](NC(=O)c1ccncc1)C(N)=O. The van der Waals surface area contributed by atoms with E-state index >= 15 is 0 Å². The van der Waals surface area contributed by atoms with E-state index in [2.05, 4.69) is 17.2 Å². The summed E-state index contributed by atoms with van der Waals surface area (Å²) in [6.07, 6.45) is 7.86. The van der Waals surface area contributed by atoms with Crippen LogP contribution in [0.2, 0.25) is 0 Å². The minimum Gasteiger partial charge on any atom is -0.368 e. The molecule has 104 valence electrons. The molecule has 1 rings (SSSR count). The summed E-state index contributed by atoms with van der Waals surface area (Å²) in [6, 6.07) is 2.60. The predicted octanol–water partition coefficient (Wildman–Crippen LogP) is 1.64. The fourth-order valence-corrected chi connectivity index (χ4v) is 1.81. The van der Waals surface area contributed by atoms with E-state index in [0.717, 1.165) is 25.7 Å². The number of pyridine rings is 1. The van der Waals surface area contributed by atoms with Crippen LogP contribution in [-0.4, -0.2) is 22.8 Å². The van der Waals surface area contributed by atoms with Crippen LogP contribution in [0.4, 0.5) is 0 Å². The van der Waals surface area contributed by atoms with Gasteiger partial charge in [0, 0.05) is 18.0 Å². The fraction of sp³-hybridized carbons (Fsp3) is 0.500. The predicted molar refractivity (Wildman–Crippen MR) is 73.4 cm³/mol. The summed E-state index contributed by atoms with van der Waals surface area (Å²) >= 11 is 0. The Labute approximate surface area is 113 Å². The molecule has 0 saturated heterocycles. The number of hydrogen-bond donors (Lipinski definition) is 2. The van der Waals surface area contributed by atoms with Crippen LogP contribution in [0.25, 0.3) is 0 Å². The van der Waals surface area contributed by atoms with Gasteiger partial charge in [-0.1, -0.05) is 32.6 Å². The standard InChI is InChI=1S/C14H21N3O2/c1-2-3-4-5-6-12(13(15)18)17-14(19)11-7-9-16-10-8-11/h7-10,12H,2-6H2,1H3,(H2,15,18)(H,17,19)/t12-/m0/s1. The first kappa shape index (κ1) is 15.1. The smallest absolute Gasteiger partial charge is 0.252 e. The van der Waals surface area contributed by atoms with Crippen molar-refractivity contribution in [2.45, 2.75) is 45.1 Å². The van der Waals surface area contributed by atoms with E-state index < -0.39 is 11.9 Å². The molecule has 0 spiro atoms. The van der Waals surface area contributed by atoms with Gasteiger partial charge in [-0.2, -0.15) is 0 Å². The van der Waals surface area contributed by atoms with E-state index in [1.54, 1.807) is 12.1 Å². The molecule has 0 aliphatic carbocycles. The summed E-state index contributed by atoms with van der Waals surface area (Å²) in [5.41, 5.74) is 5.79. The first-order chi connectivity index (χ1) is 9.15. The second-order valence-electron chi connectivity index (χ2n) is 4.51. The van der Waals surface area contributed by atoms with Gasteiger partial charge in [-0.15, -0.1) is 0 Å². The van der Waals surface area contributed by atoms with E-state index in [1.807, 2.05) is 0 Å². The van der Waals surface area contributed by atoms with Gasteiger partial charge in [-0.25, -0.2) is 0 Å². The second kappa shape index (κ2) is 8.24. The van der Waals surface area contributed by atoms with Gasteiger partial charge >= 0.3 is 0 Å². The number of nitrogens with two attached hydrogens (primary N) is 1. The molecular weight excluding hydrogens is 242 g/mol. The van der Waals surface area contributed by atoms with Crippen molar-refractivity contribution in [3.63, 3.8) is 0 Å². The number of aromatic nitrogens is 1. The van der Waals surface area contributed by atoms with Crippen LogP contribution >= 0.6 is 0 Å². The molecule has 0 unspecified atom stereocenters. The molecule has 1 aromatic heterocycles. The highest BCUT2D eigenvalue weighted by Gasteiger charge is 2.18. The van der Waals surface area contributed by atoms with Crippen LogP contribution in [0.3, 0.4) is 0 Å². The zero-order chi connectivity index (χ0) is 14.1. The number of rotatable bonds is 8. The van der Waals surface area contributed by atoms with Crippen LogP contribution < -0.4 is 11.1 Å². The molecule has 19 heavy (non-hydrogen) atoms. The number of primary amides is 1. The highest BCUT2D eigenvalue weighted by molar-refractivity contribution is 5.97. The van der Waals surface area contributed by atoms with E-state index in [1.165, 1.54) is 12.4 Å². The summed E-state index contributed by atoms with van der Waals surface area (Å²) in [5.74, 6) is -0.777. The third-order valence-electron chi connectivity index (χ3n) is 2.94. The molecule has 0 radical (unpaired) electrons. The number of carbonyl (C=O) groups excluding carboxylic acids is 2. The Bertz CT molecular complexity index is 406. The molecule has 1 heterocycles. The van der Waals surface area contributed by atoms with Crippen molar-refractivity contribution in [3.8, 4) is 0 Å². The zero-order valence-corrected chi connectivity index (χ0v) is 11.3. The number of amides is 2. The number of nitrogens with one attached hydrogen (secondary N) is 1. The van der Waals surface area contributed by atoms with E-state index in [-0.39, 0.29) is 5.91 Å². The maximum absolute atomic E-state index is 11.9. The lowest BCUT2D eigenvalue weighted by molar-refractivity contribution is -0.120. The van der Waals surface area contributed by atoms with Gasteiger partial charge in [-0.3, -0.25) is 14.6 Å². The maximum atomic E-state index is 11.9. The van der Waals surface area contributed by atoms with Crippen molar-refractivity contribution in [2.75, 3.05) is 0 Å². The van der Waals surface area contributed by atoms with Gasteiger partial charge in [0.05, 0.1) is 0 Å². The van der Waals surface area contributed by atoms with Gasteiger partial charge < -0.3 is 11.1 Å². The van der Waals surface area contributed by atoms with Crippen LogP contribution in [0.1, 0.15) is 49.4 Å². The fourth-order valence-electron chi connectivity index (χ4n) is 1.81. The Morgan fingerprint density at radius 2 is 1.95 bits per heavy atom. The summed E-state index contributed by atoms with van der Waals surface area (Å²) in [4.78, 5) is 27.1. The monoisotopic (exact) mass is 263 g/mol. The molecule has 0 aromatic carbocycles. The largest absolute Gasteiger partial charge is 0.368 e. The Balaban J connectivity index is 2.49. The maximum Gasteiger partial charge on any atom is 0.252 e. The highest BCUT2D eigenvalue weighted by Crippen LogP contribution is 2.06. The quantitative estimate of drug-likeness (QED) is 0.699. The first-order valence-corrected chi connectivity index (χ1v) is 6.65. The molecular formula is C14H21N3O2. The average molecular weight is 263 g/mol. The summed E-state index contributed by atoms with van der Waals surface area (Å²) in [5, 5.41) is 2.67. The van der Waals surface area contributed by atoms with Crippen molar-refractivity contribution in [1.29, 1.82) is 0 Å².